The Hall–Kier alpha value is -1.77. The van der Waals surface area contributed by atoms with E-state index in [-0.39, 0.29) is 0 Å². The second-order valence-corrected chi connectivity index (χ2v) is 10.9. The van der Waals surface area contributed by atoms with Crippen LogP contribution in [-0.2, 0) is 23.5 Å². The molecule has 2 saturated heterocycles. The lowest BCUT2D eigenvalue weighted by atomic mass is 9.88. The van der Waals surface area contributed by atoms with Gasteiger partial charge in [0.15, 0.2) is 0 Å². The largest absolute Gasteiger partial charge is 0.330 e. The van der Waals surface area contributed by atoms with E-state index in [2.05, 4.69) is 31.6 Å². The summed E-state index contributed by atoms with van der Waals surface area (Å²) >= 11 is 0. The summed E-state index contributed by atoms with van der Waals surface area (Å²) in [5.74, 6) is 1.69. The van der Waals surface area contributed by atoms with Gasteiger partial charge < -0.3 is 9.47 Å². The molecule has 0 saturated carbocycles. The van der Waals surface area contributed by atoms with E-state index >= 15 is 0 Å². The maximum absolute atomic E-state index is 11.7. The lowest BCUT2D eigenvalue weighted by Crippen LogP contribution is -2.48. The number of sulfonamides is 1. The van der Waals surface area contributed by atoms with E-state index in [0.717, 1.165) is 49.6 Å². The zero-order chi connectivity index (χ0) is 21.3. The van der Waals surface area contributed by atoms with Gasteiger partial charge in [0.1, 0.15) is 5.82 Å². The highest BCUT2D eigenvalue weighted by molar-refractivity contribution is 7.88. The van der Waals surface area contributed by atoms with Crippen molar-refractivity contribution in [2.75, 3.05) is 32.4 Å². The molecule has 8 heteroatoms. The first kappa shape index (κ1) is 21.5. The molecule has 0 N–H and O–H groups in total. The molecule has 0 unspecified atom stereocenters. The normalized spacial score (nSPS) is 20.6. The third-order valence-electron chi connectivity index (χ3n) is 6.89. The number of piperidine rings is 2. The van der Waals surface area contributed by atoms with Crippen molar-refractivity contribution in [2.45, 2.75) is 45.1 Å². The van der Waals surface area contributed by atoms with Crippen molar-refractivity contribution in [1.29, 1.82) is 0 Å². The molecule has 0 atom stereocenters. The Morgan fingerprint density at radius 1 is 1.07 bits per heavy atom. The van der Waals surface area contributed by atoms with Gasteiger partial charge in [-0.15, -0.1) is 0 Å². The van der Waals surface area contributed by atoms with Crippen LogP contribution in [0, 0.1) is 12.8 Å². The first-order valence-electron chi connectivity index (χ1n) is 10.9. The minimum Gasteiger partial charge on any atom is -0.330 e. The molecule has 4 rings (SSSR count). The minimum atomic E-state index is -3.04. The maximum Gasteiger partial charge on any atom is 0.211 e. The summed E-state index contributed by atoms with van der Waals surface area (Å²) in [4.78, 5) is 11.5. The first-order valence-corrected chi connectivity index (χ1v) is 12.8. The van der Waals surface area contributed by atoms with Crippen LogP contribution in [0.1, 0.15) is 37.1 Å². The Balaban J connectivity index is 1.30. The van der Waals surface area contributed by atoms with Gasteiger partial charge in [0.05, 0.1) is 23.8 Å². The highest BCUT2D eigenvalue weighted by Crippen LogP contribution is 2.27. The zero-order valence-electron chi connectivity index (χ0n) is 18.3. The van der Waals surface area contributed by atoms with Gasteiger partial charge >= 0.3 is 0 Å². The lowest BCUT2D eigenvalue weighted by molar-refractivity contribution is 0.0972. The Bertz CT molecular complexity index is 971. The second-order valence-electron chi connectivity index (χ2n) is 8.88. The number of aryl methyl sites for hydroxylation is 1. The van der Waals surface area contributed by atoms with E-state index in [1.165, 1.54) is 24.7 Å². The van der Waals surface area contributed by atoms with Crippen molar-refractivity contribution < 1.29 is 8.42 Å². The highest BCUT2D eigenvalue weighted by atomic mass is 32.2. The molecule has 0 radical (unpaired) electrons. The molecule has 0 amide bonds. The van der Waals surface area contributed by atoms with E-state index in [1.54, 1.807) is 4.31 Å². The van der Waals surface area contributed by atoms with Gasteiger partial charge in [-0.1, -0.05) is 0 Å². The fourth-order valence-electron chi connectivity index (χ4n) is 4.88. The molecule has 2 aliphatic heterocycles. The van der Waals surface area contributed by atoms with E-state index in [4.69, 9.17) is 0 Å². The Labute approximate surface area is 180 Å². The molecule has 0 bridgehead atoms. The molecule has 2 aromatic heterocycles. The number of aromatic nitrogens is 3. The fourth-order valence-corrected chi connectivity index (χ4v) is 5.75. The average Bonchev–Trinajstić information content (AvgIpc) is 3.07. The molecule has 0 spiro atoms. The third kappa shape index (κ3) is 4.76. The highest BCUT2D eigenvalue weighted by Gasteiger charge is 2.30. The van der Waals surface area contributed by atoms with Gasteiger partial charge in [-0.05, 0) is 75.7 Å². The van der Waals surface area contributed by atoms with E-state index in [9.17, 15) is 8.42 Å². The van der Waals surface area contributed by atoms with Gasteiger partial charge in [0, 0.05) is 32.4 Å². The molecule has 164 valence electrons. The molecule has 2 fully saturated rings. The topological polar surface area (TPSA) is 71.3 Å². The zero-order valence-corrected chi connectivity index (χ0v) is 19.1. The summed E-state index contributed by atoms with van der Waals surface area (Å²) in [5.41, 5.74) is 3.40. The smallest absolute Gasteiger partial charge is 0.211 e. The van der Waals surface area contributed by atoms with Crippen LogP contribution in [0.25, 0.3) is 11.4 Å². The van der Waals surface area contributed by atoms with Crippen LogP contribution >= 0.6 is 0 Å². The average molecular weight is 432 g/mol. The minimum absolute atomic E-state index is 0.532. The van der Waals surface area contributed by atoms with Crippen molar-refractivity contribution in [1.82, 2.24) is 23.7 Å². The molecule has 7 nitrogen and oxygen atoms in total. The van der Waals surface area contributed by atoms with Crippen molar-refractivity contribution in [3.8, 4) is 11.4 Å². The maximum atomic E-state index is 11.7. The third-order valence-corrected chi connectivity index (χ3v) is 8.19. The Morgan fingerprint density at radius 3 is 2.37 bits per heavy atom. The molecular formula is C22H33N5O2S. The molecular weight excluding hydrogens is 398 g/mol. The quantitative estimate of drug-likeness (QED) is 0.727. The summed E-state index contributed by atoms with van der Waals surface area (Å²) in [7, 11) is -1.01. The van der Waals surface area contributed by atoms with Crippen molar-refractivity contribution >= 4 is 10.0 Å². The van der Waals surface area contributed by atoms with E-state index in [0.29, 0.717) is 25.0 Å². The molecule has 2 aromatic rings. The van der Waals surface area contributed by atoms with Gasteiger partial charge in [-0.2, -0.15) is 0 Å². The van der Waals surface area contributed by atoms with Crippen molar-refractivity contribution in [2.24, 2.45) is 13.0 Å². The Kier molecular flexibility index (Phi) is 6.27. The fraction of sp³-hybridized carbons (Fsp3) is 0.636. The Morgan fingerprint density at radius 2 is 1.77 bits per heavy atom. The van der Waals surface area contributed by atoms with Crippen LogP contribution < -0.4 is 0 Å². The monoisotopic (exact) mass is 431 g/mol. The number of hydrogen-bond donors (Lipinski definition) is 0. The van der Waals surface area contributed by atoms with Crippen LogP contribution in [0.2, 0.25) is 0 Å². The van der Waals surface area contributed by atoms with Crippen LogP contribution in [0.4, 0.5) is 0 Å². The SMILES string of the molecule is Cc1ncc(-c2cc(CC3CCN(C4CCN(S(C)(=O)=O)CC4)CC3)ccn2)n1C. The van der Waals surface area contributed by atoms with Gasteiger partial charge in [-0.25, -0.2) is 17.7 Å². The number of rotatable bonds is 5. The van der Waals surface area contributed by atoms with Crippen LogP contribution in [0.3, 0.4) is 0 Å². The number of likely N-dealkylation sites (tertiary alicyclic amines) is 1. The number of hydrogen-bond acceptors (Lipinski definition) is 5. The van der Waals surface area contributed by atoms with Gasteiger partial charge in [0.2, 0.25) is 10.0 Å². The lowest BCUT2D eigenvalue weighted by Gasteiger charge is -2.41. The van der Waals surface area contributed by atoms with Crippen molar-refractivity contribution in [3.63, 3.8) is 0 Å². The van der Waals surface area contributed by atoms with E-state index < -0.39 is 10.0 Å². The van der Waals surface area contributed by atoms with Crippen LogP contribution in [-0.4, -0.2) is 70.6 Å². The summed E-state index contributed by atoms with van der Waals surface area (Å²) in [6, 6.07) is 4.88. The molecule has 30 heavy (non-hydrogen) atoms. The first-order chi connectivity index (χ1) is 14.3. The predicted octanol–water partition coefficient (Wildman–Crippen LogP) is 2.47. The van der Waals surface area contributed by atoms with E-state index in [1.807, 2.05) is 26.4 Å². The standard InChI is InChI=1S/C22H33N5O2S/c1-17-24-16-22(25(17)2)21-15-19(4-9-23-21)14-18-5-10-26(11-6-18)20-7-12-27(13-8-20)30(3,28)29/h4,9,15-16,18,20H,5-8,10-14H2,1-3H3. The van der Waals surface area contributed by atoms with Gasteiger partial charge in [-0.3, -0.25) is 4.98 Å². The number of pyridine rings is 1. The summed E-state index contributed by atoms with van der Waals surface area (Å²) in [5, 5.41) is 0. The molecule has 2 aliphatic rings. The summed E-state index contributed by atoms with van der Waals surface area (Å²) < 4.78 is 27.2. The van der Waals surface area contributed by atoms with Crippen LogP contribution in [0.15, 0.2) is 24.5 Å². The van der Waals surface area contributed by atoms with Crippen molar-refractivity contribution in [3.05, 3.63) is 35.9 Å². The second kappa shape index (κ2) is 8.77. The summed E-state index contributed by atoms with van der Waals surface area (Å²) in [6.45, 7) is 5.57. The number of nitrogens with zero attached hydrogens (tertiary/aromatic N) is 5. The predicted molar refractivity (Wildman–Crippen MR) is 119 cm³/mol. The summed E-state index contributed by atoms with van der Waals surface area (Å²) in [6.07, 6.45) is 10.5. The van der Waals surface area contributed by atoms with Gasteiger partial charge in [0.25, 0.3) is 0 Å². The molecule has 0 aromatic carbocycles. The number of imidazole rings is 1. The molecule has 4 heterocycles. The van der Waals surface area contributed by atoms with Crippen LogP contribution in [0.5, 0.6) is 0 Å². The molecule has 0 aliphatic carbocycles.